The van der Waals surface area contributed by atoms with E-state index in [-0.39, 0.29) is 12.7 Å². The summed E-state index contributed by atoms with van der Waals surface area (Å²) in [5.41, 5.74) is 0. The van der Waals surface area contributed by atoms with Gasteiger partial charge >= 0.3 is 17.9 Å². The van der Waals surface area contributed by atoms with Gasteiger partial charge in [-0.2, -0.15) is 0 Å². The van der Waals surface area contributed by atoms with E-state index in [0.29, 0.717) is 38.5 Å². The lowest BCUT2D eigenvalue weighted by atomic mass is 9.98. The van der Waals surface area contributed by atoms with E-state index in [2.05, 4.69) is 6.92 Å². The number of ether oxygens (including phenoxy) is 8. The van der Waals surface area contributed by atoms with Crippen molar-refractivity contribution < 1.29 is 98.2 Å². The van der Waals surface area contributed by atoms with Crippen molar-refractivity contribution in [1.82, 2.24) is 0 Å². The molecule has 16 atom stereocenters. The number of aliphatic hydroxyl groups excluding tert-OH is 8. The molecule has 0 spiro atoms. The second kappa shape index (κ2) is 31.9. The van der Waals surface area contributed by atoms with Crippen LogP contribution in [0.5, 0.6) is 0 Å². The molecule has 3 heterocycles. The van der Waals surface area contributed by atoms with Crippen LogP contribution in [0.15, 0.2) is 0 Å². The van der Waals surface area contributed by atoms with Crippen LogP contribution < -0.4 is 0 Å². The second-order valence-corrected chi connectivity index (χ2v) is 18.1. The van der Waals surface area contributed by atoms with Gasteiger partial charge < -0.3 is 83.9 Å². The summed E-state index contributed by atoms with van der Waals surface area (Å²) < 4.78 is 46.3. The lowest BCUT2D eigenvalue weighted by Gasteiger charge is -2.46. The Labute approximate surface area is 389 Å². The smallest absolute Gasteiger partial charge is 0.332 e. The first kappa shape index (κ1) is 58.2. The molecule has 3 aliphatic heterocycles. The van der Waals surface area contributed by atoms with Gasteiger partial charge in [-0.25, -0.2) is 4.79 Å². The molecule has 9 N–H and O–H groups in total. The van der Waals surface area contributed by atoms with Gasteiger partial charge in [0.2, 0.25) is 0 Å². The van der Waals surface area contributed by atoms with Gasteiger partial charge in [0.25, 0.3) is 0 Å². The van der Waals surface area contributed by atoms with Crippen molar-refractivity contribution in [2.24, 2.45) is 0 Å². The van der Waals surface area contributed by atoms with Gasteiger partial charge in [-0.05, 0) is 38.5 Å². The summed E-state index contributed by atoms with van der Waals surface area (Å²) in [7, 11) is 0. The Morgan fingerprint density at radius 3 is 1.71 bits per heavy atom. The van der Waals surface area contributed by atoms with E-state index >= 15 is 0 Å². The molecule has 3 fully saturated rings. The standard InChI is InChI=1S/C46H82O20/c1-4-5-6-17-22-31(23-19-21-30(49)20-16-14-12-10-8-7-9-11-13-15-18-24-32(50)43(57)58)63-45-41(36(52)33(51)25-60-45)66-46-42(38(54)35(27-61-46)62-29(3)48)65-44-40(56)39(55)37(53)34(64-44)26-59-28(2)47/h30-42,44-46,49-56H,4-27H2,1-3H3,(H,57,58)/t30?,31?,32?,33-,34-,35-,36+,37-,38+,39+,40-,41-,42-,44+,45+,46+/m1/s1. The predicted octanol–water partition coefficient (Wildman–Crippen LogP) is 2.26. The Bertz CT molecular complexity index is 1340. The van der Waals surface area contributed by atoms with Crippen LogP contribution in [0.2, 0.25) is 0 Å². The minimum Gasteiger partial charge on any atom is -0.479 e. The minimum atomic E-state index is -1.89. The van der Waals surface area contributed by atoms with Crippen LogP contribution in [0.4, 0.5) is 0 Å². The van der Waals surface area contributed by atoms with Crippen molar-refractivity contribution in [3.05, 3.63) is 0 Å². The quantitative estimate of drug-likeness (QED) is 0.0337. The van der Waals surface area contributed by atoms with Gasteiger partial charge in [0.1, 0.15) is 61.5 Å². The highest BCUT2D eigenvalue weighted by atomic mass is 16.8. The fourth-order valence-corrected chi connectivity index (χ4v) is 8.46. The van der Waals surface area contributed by atoms with Gasteiger partial charge in [-0.15, -0.1) is 0 Å². The van der Waals surface area contributed by atoms with Crippen molar-refractivity contribution in [1.29, 1.82) is 0 Å². The average Bonchev–Trinajstić information content (AvgIpc) is 3.27. The average molecular weight is 955 g/mol. The molecule has 3 aliphatic rings. The highest BCUT2D eigenvalue weighted by molar-refractivity contribution is 5.71. The third kappa shape index (κ3) is 20.8. The summed E-state index contributed by atoms with van der Waals surface area (Å²) in [4.78, 5) is 34.1. The molecule has 0 bridgehead atoms. The highest BCUT2D eigenvalue weighted by Gasteiger charge is 2.52. The molecule has 66 heavy (non-hydrogen) atoms. The largest absolute Gasteiger partial charge is 0.479 e. The second-order valence-electron chi connectivity index (χ2n) is 18.1. The Morgan fingerprint density at radius 1 is 0.576 bits per heavy atom. The van der Waals surface area contributed by atoms with Gasteiger partial charge in [-0.1, -0.05) is 103 Å². The molecule has 0 radical (unpaired) electrons. The number of aliphatic hydroxyl groups is 8. The molecule has 0 amide bonds. The molecule has 0 aromatic heterocycles. The minimum absolute atomic E-state index is 0.286. The summed E-state index contributed by atoms with van der Waals surface area (Å²) in [6, 6.07) is 0. The topological polar surface area (TPSA) is 307 Å². The molecule has 0 aliphatic carbocycles. The molecule has 0 aromatic carbocycles. The van der Waals surface area contributed by atoms with E-state index < -0.39 is 123 Å². The number of carboxylic acid groups (broad SMARTS) is 1. The number of hydrogen-bond acceptors (Lipinski definition) is 19. The van der Waals surface area contributed by atoms with E-state index in [1.54, 1.807) is 0 Å². The molecular formula is C46H82O20. The predicted molar refractivity (Wildman–Crippen MR) is 233 cm³/mol. The zero-order chi connectivity index (χ0) is 48.6. The van der Waals surface area contributed by atoms with Crippen LogP contribution >= 0.6 is 0 Å². The van der Waals surface area contributed by atoms with Gasteiger partial charge in [0.15, 0.2) is 31.1 Å². The van der Waals surface area contributed by atoms with Crippen LogP contribution in [-0.2, 0) is 52.3 Å². The number of hydrogen-bond donors (Lipinski definition) is 9. The number of carboxylic acids is 1. The Kier molecular flexibility index (Phi) is 28.1. The van der Waals surface area contributed by atoms with Crippen molar-refractivity contribution in [3.8, 4) is 0 Å². The molecule has 20 nitrogen and oxygen atoms in total. The van der Waals surface area contributed by atoms with Gasteiger partial charge in [0, 0.05) is 13.8 Å². The number of aliphatic carboxylic acids is 1. The number of esters is 2. The molecule has 3 rings (SSSR count). The zero-order valence-corrected chi connectivity index (χ0v) is 39.2. The van der Waals surface area contributed by atoms with Crippen molar-refractivity contribution in [3.63, 3.8) is 0 Å². The van der Waals surface area contributed by atoms with Gasteiger partial charge in [-0.3, -0.25) is 9.59 Å². The fraction of sp³-hybridized carbons (Fsp3) is 0.935. The summed E-state index contributed by atoms with van der Waals surface area (Å²) in [5.74, 6) is -2.61. The van der Waals surface area contributed by atoms with Crippen LogP contribution in [0.1, 0.15) is 156 Å². The lowest BCUT2D eigenvalue weighted by molar-refractivity contribution is -0.380. The van der Waals surface area contributed by atoms with Crippen molar-refractivity contribution in [2.75, 3.05) is 19.8 Å². The third-order valence-electron chi connectivity index (χ3n) is 12.4. The number of carbonyl (C=O) groups is 3. The van der Waals surface area contributed by atoms with Crippen LogP contribution in [0, 0.1) is 0 Å². The molecular weight excluding hydrogens is 872 g/mol. The number of rotatable bonds is 33. The summed E-state index contributed by atoms with van der Waals surface area (Å²) in [6.45, 7) is 3.16. The Morgan fingerprint density at radius 2 is 1.11 bits per heavy atom. The summed E-state index contributed by atoms with van der Waals surface area (Å²) >= 11 is 0. The number of unbranched alkanes of at least 4 members (excludes halogenated alkanes) is 13. The molecule has 20 heteroatoms. The highest BCUT2D eigenvalue weighted by Crippen LogP contribution is 2.32. The zero-order valence-electron chi connectivity index (χ0n) is 39.2. The van der Waals surface area contributed by atoms with E-state index in [9.17, 15) is 55.2 Å². The van der Waals surface area contributed by atoms with E-state index in [1.807, 2.05) is 0 Å². The maximum atomic E-state index is 11.9. The van der Waals surface area contributed by atoms with E-state index in [0.717, 1.165) is 110 Å². The molecule has 386 valence electrons. The van der Waals surface area contributed by atoms with Gasteiger partial charge in [0.05, 0.1) is 25.4 Å². The van der Waals surface area contributed by atoms with E-state index in [1.165, 1.54) is 0 Å². The first-order valence-electron chi connectivity index (χ1n) is 24.4. The number of carbonyl (C=O) groups excluding carboxylic acids is 2. The van der Waals surface area contributed by atoms with Crippen LogP contribution in [-0.4, -0.2) is 182 Å². The van der Waals surface area contributed by atoms with Crippen molar-refractivity contribution >= 4 is 17.9 Å². The lowest BCUT2D eigenvalue weighted by Crippen LogP contribution is -2.65. The molecule has 0 aromatic rings. The third-order valence-corrected chi connectivity index (χ3v) is 12.4. The summed E-state index contributed by atoms with van der Waals surface area (Å²) in [5, 5.41) is 94.3. The molecule has 0 saturated carbocycles. The maximum absolute atomic E-state index is 11.9. The normalized spacial score (nSPS) is 31.8. The Balaban J connectivity index is 1.56. The maximum Gasteiger partial charge on any atom is 0.332 e. The Hall–Kier alpha value is -2.15. The van der Waals surface area contributed by atoms with Crippen molar-refractivity contribution in [2.45, 2.75) is 254 Å². The van der Waals surface area contributed by atoms with E-state index in [4.69, 9.17) is 43.0 Å². The SMILES string of the molecule is CCCCCCC(CCCC(O)CCCCCCCCCCCCCC(O)C(=O)O)O[C@@H]1OC[C@@H](O)[C@H](O)[C@H]1O[C@@H]1OC[C@@H](OC(C)=O)[C@H](O)[C@H]1O[C@@H]1O[C@H](COC(C)=O)[C@@H](O)[C@H](O)[C@H]1O. The summed E-state index contributed by atoms with van der Waals surface area (Å²) in [6.07, 6.45) is -3.86. The first-order valence-corrected chi connectivity index (χ1v) is 24.4. The fourth-order valence-electron chi connectivity index (χ4n) is 8.46. The first-order chi connectivity index (χ1) is 31.5. The van der Waals surface area contributed by atoms with Crippen LogP contribution in [0.25, 0.3) is 0 Å². The molecule has 3 saturated heterocycles. The monoisotopic (exact) mass is 955 g/mol. The van der Waals surface area contributed by atoms with Crippen LogP contribution in [0.3, 0.4) is 0 Å². The molecule has 3 unspecified atom stereocenters.